The van der Waals surface area contributed by atoms with Gasteiger partial charge in [-0.05, 0) is 0 Å². The molecule has 80 valence electrons. The molecule has 0 heterocycles. The third-order valence-electron chi connectivity index (χ3n) is 1.86. The third-order valence-corrected chi connectivity index (χ3v) is 1.86. The van der Waals surface area contributed by atoms with Gasteiger partial charge in [-0.1, -0.05) is 30.3 Å². The monoisotopic (exact) mass is 209 g/mol. The number of aliphatic carboxylic acids is 1. The summed E-state index contributed by atoms with van der Waals surface area (Å²) < 4.78 is 0. The molecule has 0 aromatic heterocycles. The topological polar surface area (TPSA) is 86.6 Å². The maximum atomic E-state index is 10.9. The van der Waals surface area contributed by atoms with Gasteiger partial charge in [0.1, 0.15) is 0 Å². The Hall–Kier alpha value is -1.88. The molecule has 0 aliphatic heterocycles. The lowest BCUT2D eigenvalue weighted by Gasteiger charge is -2.24. The van der Waals surface area contributed by atoms with Crippen LogP contribution in [0.15, 0.2) is 30.3 Å². The van der Waals surface area contributed by atoms with Crippen LogP contribution in [0.4, 0.5) is 0 Å². The predicted molar refractivity (Wildman–Crippen MR) is 51.8 cm³/mol. The summed E-state index contributed by atoms with van der Waals surface area (Å²) in [5.74, 6) is -2.15. The van der Waals surface area contributed by atoms with Crippen molar-refractivity contribution >= 4 is 11.9 Å². The van der Waals surface area contributed by atoms with Gasteiger partial charge in [0.25, 0.3) is 5.72 Å². The van der Waals surface area contributed by atoms with Crippen LogP contribution in [0.5, 0.6) is 0 Å². The van der Waals surface area contributed by atoms with E-state index in [4.69, 9.17) is 5.11 Å². The lowest BCUT2D eigenvalue weighted by molar-refractivity contribution is -0.166. The van der Waals surface area contributed by atoms with Gasteiger partial charge in [-0.25, -0.2) is 4.79 Å². The van der Waals surface area contributed by atoms with E-state index in [0.717, 1.165) is 6.92 Å². The maximum Gasteiger partial charge on any atom is 0.362 e. The van der Waals surface area contributed by atoms with Crippen molar-refractivity contribution < 1.29 is 19.8 Å². The molecule has 0 aliphatic carbocycles. The normalized spacial score (nSPS) is 14.0. The molecule has 5 heteroatoms. The highest BCUT2D eigenvalue weighted by molar-refractivity contribution is 5.85. The Morgan fingerprint density at radius 3 is 2.20 bits per heavy atom. The molecule has 0 aliphatic rings. The third kappa shape index (κ3) is 2.32. The molecule has 15 heavy (non-hydrogen) atoms. The van der Waals surface area contributed by atoms with Crippen LogP contribution >= 0.6 is 0 Å². The van der Waals surface area contributed by atoms with Crippen LogP contribution in [0.2, 0.25) is 0 Å². The number of amides is 1. The standard InChI is InChI=1S/C10H11NO4/c1-7(12)11-10(15,9(13)14)8-5-3-2-4-6-8/h2-6,15H,1H3,(H,11,12)(H,13,14)/t10-/m1/s1. The zero-order valence-corrected chi connectivity index (χ0v) is 8.10. The lowest BCUT2D eigenvalue weighted by Crippen LogP contribution is -2.51. The molecule has 0 fully saturated rings. The van der Waals surface area contributed by atoms with Crippen molar-refractivity contribution in [2.24, 2.45) is 0 Å². The van der Waals surface area contributed by atoms with Gasteiger partial charge in [0.2, 0.25) is 5.91 Å². The molecule has 5 nitrogen and oxygen atoms in total. The van der Waals surface area contributed by atoms with Crippen LogP contribution in [0, 0.1) is 0 Å². The van der Waals surface area contributed by atoms with E-state index < -0.39 is 17.6 Å². The van der Waals surface area contributed by atoms with E-state index in [1.165, 1.54) is 12.1 Å². The molecule has 0 bridgehead atoms. The molecular formula is C10H11NO4. The fraction of sp³-hybridized carbons (Fsp3) is 0.200. The van der Waals surface area contributed by atoms with Gasteiger partial charge in [-0.15, -0.1) is 0 Å². The average Bonchev–Trinajstić information content (AvgIpc) is 2.17. The fourth-order valence-corrected chi connectivity index (χ4v) is 1.18. The van der Waals surface area contributed by atoms with Gasteiger partial charge in [-0.2, -0.15) is 0 Å². The molecule has 0 spiro atoms. The SMILES string of the molecule is CC(=O)N[C@](O)(C(=O)O)c1ccccc1. The van der Waals surface area contributed by atoms with Crippen molar-refractivity contribution in [3.63, 3.8) is 0 Å². The first-order valence-electron chi connectivity index (χ1n) is 4.27. The number of rotatable bonds is 3. The van der Waals surface area contributed by atoms with E-state index in [2.05, 4.69) is 0 Å². The molecule has 1 amide bonds. The number of benzene rings is 1. The van der Waals surface area contributed by atoms with Crippen LogP contribution in [0.25, 0.3) is 0 Å². The summed E-state index contributed by atoms with van der Waals surface area (Å²) in [7, 11) is 0. The molecule has 0 unspecified atom stereocenters. The van der Waals surface area contributed by atoms with Crippen molar-refractivity contribution in [3.8, 4) is 0 Å². The minimum Gasteiger partial charge on any atom is -0.477 e. The average molecular weight is 209 g/mol. The Kier molecular flexibility index (Phi) is 3.06. The van der Waals surface area contributed by atoms with E-state index in [0.29, 0.717) is 0 Å². The fourth-order valence-electron chi connectivity index (χ4n) is 1.18. The minimum absolute atomic E-state index is 0.104. The highest BCUT2D eigenvalue weighted by Gasteiger charge is 2.38. The molecule has 1 aromatic carbocycles. The van der Waals surface area contributed by atoms with Crippen molar-refractivity contribution in [2.45, 2.75) is 12.6 Å². The smallest absolute Gasteiger partial charge is 0.362 e. The summed E-state index contributed by atoms with van der Waals surface area (Å²) in [4.78, 5) is 21.7. The van der Waals surface area contributed by atoms with Crippen molar-refractivity contribution in [1.29, 1.82) is 0 Å². The summed E-state index contributed by atoms with van der Waals surface area (Å²) in [6.45, 7) is 1.14. The zero-order chi connectivity index (χ0) is 11.5. The molecular weight excluding hydrogens is 198 g/mol. The Labute approximate surface area is 86.4 Å². The number of hydrogen-bond donors (Lipinski definition) is 3. The Balaban J connectivity index is 3.13. The molecule has 0 saturated carbocycles. The van der Waals surface area contributed by atoms with Crippen molar-refractivity contribution in [2.75, 3.05) is 0 Å². The van der Waals surface area contributed by atoms with E-state index in [1.54, 1.807) is 18.2 Å². The summed E-state index contributed by atoms with van der Waals surface area (Å²) in [6.07, 6.45) is 0. The second-order valence-corrected chi connectivity index (χ2v) is 3.06. The minimum atomic E-state index is -2.37. The summed E-state index contributed by atoms with van der Waals surface area (Å²) in [5, 5.41) is 20.7. The van der Waals surface area contributed by atoms with E-state index in [1.807, 2.05) is 5.32 Å². The number of nitrogens with one attached hydrogen (secondary N) is 1. The van der Waals surface area contributed by atoms with Crippen LogP contribution in [-0.4, -0.2) is 22.1 Å². The van der Waals surface area contributed by atoms with Gasteiger partial charge >= 0.3 is 5.97 Å². The lowest BCUT2D eigenvalue weighted by atomic mass is 10.0. The second-order valence-electron chi connectivity index (χ2n) is 3.06. The van der Waals surface area contributed by atoms with Gasteiger partial charge in [0.15, 0.2) is 0 Å². The quantitative estimate of drug-likeness (QED) is 0.614. The first kappa shape index (κ1) is 11.2. The number of aliphatic hydroxyl groups is 1. The van der Waals surface area contributed by atoms with Gasteiger partial charge in [0, 0.05) is 12.5 Å². The highest BCUT2D eigenvalue weighted by Crippen LogP contribution is 2.17. The second kappa shape index (κ2) is 4.10. The molecule has 3 N–H and O–H groups in total. The Morgan fingerprint density at radius 2 is 1.80 bits per heavy atom. The summed E-state index contributed by atoms with van der Waals surface area (Å²) in [5.41, 5.74) is -2.26. The van der Waals surface area contributed by atoms with Gasteiger partial charge in [0.05, 0.1) is 0 Å². The van der Waals surface area contributed by atoms with Crippen molar-refractivity contribution in [1.82, 2.24) is 5.32 Å². The molecule has 1 atom stereocenters. The molecule has 1 aromatic rings. The number of carboxylic acid groups (broad SMARTS) is 1. The summed E-state index contributed by atoms with van der Waals surface area (Å²) >= 11 is 0. The molecule has 0 saturated heterocycles. The number of carboxylic acids is 1. The van der Waals surface area contributed by atoms with Crippen LogP contribution in [0.3, 0.4) is 0 Å². The van der Waals surface area contributed by atoms with Crippen molar-refractivity contribution in [3.05, 3.63) is 35.9 Å². The predicted octanol–water partition coefficient (Wildman–Crippen LogP) is 0.0524. The van der Waals surface area contributed by atoms with E-state index >= 15 is 0 Å². The van der Waals surface area contributed by atoms with Crippen LogP contribution < -0.4 is 5.32 Å². The molecule has 0 radical (unpaired) electrons. The van der Waals surface area contributed by atoms with Gasteiger partial charge < -0.3 is 15.5 Å². The first-order chi connectivity index (χ1) is 6.97. The molecule has 1 rings (SSSR count). The van der Waals surface area contributed by atoms with E-state index in [-0.39, 0.29) is 5.56 Å². The van der Waals surface area contributed by atoms with E-state index in [9.17, 15) is 14.7 Å². The number of carbonyl (C=O) groups excluding carboxylic acids is 1. The number of hydrogen-bond acceptors (Lipinski definition) is 3. The summed E-state index contributed by atoms with van der Waals surface area (Å²) in [6, 6.07) is 7.67. The van der Waals surface area contributed by atoms with Crippen LogP contribution in [-0.2, 0) is 15.3 Å². The number of carbonyl (C=O) groups is 2. The maximum absolute atomic E-state index is 10.9. The zero-order valence-electron chi connectivity index (χ0n) is 8.10. The van der Waals surface area contributed by atoms with Gasteiger partial charge in [-0.3, -0.25) is 4.79 Å². The van der Waals surface area contributed by atoms with Crippen LogP contribution in [0.1, 0.15) is 12.5 Å². The largest absolute Gasteiger partial charge is 0.477 e. The Morgan fingerprint density at radius 1 is 1.27 bits per heavy atom. The Bertz CT molecular complexity index is 376. The highest BCUT2D eigenvalue weighted by atomic mass is 16.4. The first-order valence-corrected chi connectivity index (χ1v) is 4.27.